The van der Waals surface area contributed by atoms with Gasteiger partial charge in [-0.2, -0.15) is 0 Å². The molecule has 106 valence electrons. The number of piperidine rings is 1. The molecule has 4 heteroatoms. The van der Waals surface area contributed by atoms with E-state index in [1.165, 1.54) is 32.4 Å². The predicted octanol–water partition coefficient (Wildman–Crippen LogP) is 1.35. The number of carbonyl (C=O) groups excluding carboxylic acids is 1. The van der Waals surface area contributed by atoms with Gasteiger partial charge in [-0.1, -0.05) is 20.3 Å². The van der Waals surface area contributed by atoms with Crippen LogP contribution in [-0.2, 0) is 4.79 Å². The first-order chi connectivity index (χ1) is 8.49. The summed E-state index contributed by atoms with van der Waals surface area (Å²) in [7, 11) is 0. The lowest BCUT2D eigenvalue weighted by Gasteiger charge is -2.29. The Hall–Kier alpha value is -0.610. The highest BCUT2D eigenvalue weighted by atomic mass is 16.1. The van der Waals surface area contributed by atoms with E-state index >= 15 is 0 Å². The number of carbonyl (C=O) groups is 1. The van der Waals surface area contributed by atoms with Gasteiger partial charge in [0.15, 0.2) is 0 Å². The molecule has 0 bridgehead atoms. The average molecular weight is 255 g/mol. The standard InChI is InChI=1S/C14H29N3O/c1-11(2)13(15)9-14(18)16-12(3)10-17-7-5-4-6-8-17/h11-13H,4-10,15H2,1-3H3,(H,16,18). The highest BCUT2D eigenvalue weighted by molar-refractivity contribution is 5.76. The molecule has 1 saturated heterocycles. The summed E-state index contributed by atoms with van der Waals surface area (Å²) in [6.45, 7) is 9.48. The quantitative estimate of drug-likeness (QED) is 0.753. The van der Waals surface area contributed by atoms with E-state index in [2.05, 4.69) is 31.0 Å². The number of likely N-dealkylation sites (tertiary alicyclic amines) is 1. The van der Waals surface area contributed by atoms with E-state index in [0.717, 1.165) is 6.54 Å². The van der Waals surface area contributed by atoms with Gasteiger partial charge in [-0.15, -0.1) is 0 Å². The molecule has 1 heterocycles. The van der Waals surface area contributed by atoms with Gasteiger partial charge in [0.2, 0.25) is 5.91 Å². The Kier molecular flexibility index (Phi) is 6.65. The molecule has 1 aliphatic rings. The highest BCUT2D eigenvalue weighted by Gasteiger charge is 2.17. The van der Waals surface area contributed by atoms with E-state index in [1.54, 1.807) is 0 Å². The van der Waals surface area contributed by atoms with Crippen LogP contribution in [0.15, 0.2) is 0 Å². The van der Waals surface area contributed by atoms with Gasteiger partial charge in [0.25, 0.3) is 0 Å². The lowest BCUT2D eigenvalue weighted by molar-refractivity contribution is -0.122. The van der Waals surface area contributed by atoms with Gasteiger partial charge < -0.3 is 16.0 Å². The van der Waals surface area contributed by atoms with Crippen LogP contribution in [0.4, 0.5) is 0 Å². The van der Waals surface area contributed by atoms with Crippen molar-refractivity contribution in [3.05, 3.63) is 0 Å². The number of nitrogens with one attached hydrogen (secondary N) is 1. The van der Waals surface area contributed by atoms with Crippen LogP contribution < -0.4 is 11.1 Å². The summed E-state index contributed by atoms with van der Waals surface area (Å²) in [5.41, 5.74) is 5.91. The Balaban J connectivity index is 2.22. The number of hydrogen-bond acceptors (Lipinski definition) is 3. The van der Waals surface area contributed by atoms with Crippen molar-refractivity contribution in [2.45, 2.75) is 58.5 Å². The van der Waals surface area contributed by atoms with Crippen molar-refractivity contribution in [3.8, 4) is 0 Å². The maximum Gasteiger partial charge on any atom is 0.221 e. The number of nitrogens with zero attached hydrogens (tertiary/aromatic N) is 1. The van der Waals surface area contributed by atoms with Crippen LogP contribution in [0.5, 0.6) is 0 Å². The molecule has 0 aromatic carbocycles. The normalized spacial score (nSPS) is 20.7. The Morgan fingerprint density at radius 1 is 1.22 bits per heavy atom. The van der Waals surface area contributed by atoms with Crippen molar-refractivity contribution in [2.75, 3.05) is 19.6 Å². The average Bonchev–Trinajstić information content (AvgIpc) is 2.29. The van der Waals surface area contributed by atoms with Crippen LogP contribution in [0.1, 0.15) is 46.5 Å². The third-order valence-electron chi connectivity index (χ3n) is 3.67. The Morgan fingerprint density at radius 2 is 1.83 bits per heavy atom. The van der Waals surface area contributed by atoms with Crippen molar-refractivity contribution < 1.29 is 4.79 Å². The second-order valence-corrected chi connectivity index (χ2v) is 5.94. The van der Waals surface area contributed by atoms with Gasteiger partial charge in [-0.25, -0.2) is 0 Å². The van der Waals surface area contributed by atoms with E-state index in [9.17, 15) is 4.79 Å². The monoisotopic (exact) mass is 255 g/mol. The minimum Gasteiger partial charge on any atom is -0.352 e. The highest BCUT2D eigenvalue weighted by Crippen LogP contribution is 2.09. The molecule has 0 aliphatic carbocycles. The molecule has 0 aromatic heterocycles. The summed E-state index contributed by atoms with van der Waals surface area (Å²) in [4.78, 5) is 14.2. The summed E-state index contributed by atoms with van der Waals surface area (Å²) >= 11 is 0. The molecule has 2 unspecified atom stereocenters. The lowest BCUT2D eigenvalue weighted by atomic mass is 10.0. The molecular formula is C14H29N3O. The maximum absolute atomic E-state index is 11.8. The first-order valence-corrected chi connectivity index (χ1v) is 7.26. The van der Waals surface area contributed by atoms with E-state index in [0.29, 0.717) is 12.3 Å². The Bertz CT molecular complexity index is 249. The van der Waals surface area contributed by atoms with Crippen LogP contribution in [0.25, 0.3) is 0 Å². The fraction of sp³-hybridized carbons (Fsp3) is 0.929. The van der Waals surface area contributed by atoms with Crippen LogP contribution in [-0.4, -0.2) is 42.5 Å². The minimum atomic E-state index is -0.0350. The second kappa shape index (κ2) is 7.74. The van der Waals surface area contributed by atoms with E-state index < -0.39 is 0 Å². The van der Waals surface area contributed by atoms with Crippen molar-refractivity contribution in [1.82, 2.24) is 10.2 Å². The summed E-state index contributed by atoms with van der Waals surface area (Å²) in [5, 5.41) is 3.05. The van der Waals surface area contributed by atoms with Crippen molar-refractivity contribution in [1.29, 1.82) is 0 Å². The molecule has 1 rings (SSSR count). The summed E-state index contributed by atoms with van der Waals surface area (Å²) in [5.74, 6) is 0.439. The lowest BCUT2D eigenvalue weighted by Crippen LogP contribution is -2.45. The van der Waals surface area contributed by atoms with Gasteiger partial charge >= 0.3 is 0 Å². The fourth-order valence-electron chi connectivity index (χ4n) is 2.36. The fourth-order valence-corrected chi connectivity index (χ4v) is 2.36. The molecule has 2 atom stereocenters. The zero-order chi connectivity index (χ0) is 13.5. The van der Waals surface area contributed by atoms with Crippen LogP contribution in [0, 0.1) is 5.92 Å². The van der Waals surface area contributed by atoms with Crippen LogP contribution in [0.3, 0.4) is 0 Å². The molecular weight excluding hydrogens is 226 g/mol. The first-order valence-electron chi connectivity index (χ1n) is 7.26. The third-order valence-corrected chi connectivity index (χ3v) is 3.67. The minimum absolute atomic E-state index is 0.0350. The van der Waals surface area contributed by atoms with Gasteiger partial charge in [0.1, 0.15) is 0 Å². The van der Waals surface area contributed by atoms with E-state index in [4.69, 9.17) is 5.73 Å². The molecule has 0 saturated carbocycles. The van der Waals surface area contributed by atoms with Gasteiger partial charge in [-0.3, -0.25) is 4.79 Å². The molecule has 18 heavy (non-hydrogen) atoms. The summed E-state index contributed by atoms with van der Waals surface area (Å²) < 4.78 is 0. The van der Waals surface area contributed by atoms with Gasteiger partial charge in [0, 0.05) is 25.0 Å². The third kappa shape index (κ3) is 5.83. The number of amides is 1. The zero-order valence-corrected chi connectivity index (χ0v) is 12.1. The van der Waals surface area contributed by atoms with E-state index in [1.807, 2.05) is 0 Å². The Labute approximate surface area is 111 Å². The maximum atomic E-state index is 11.8. The summed E-state index contributed by atoms with van der Waals surface area (Å²) in [6.07, 6.45) is 4.36. The molecule has 0 radical (unpaired) electrons. The predicted molar refractivity (Wildman–Crippen MR) is 75.3 cm³/mol. The van der Waals surface area contributed by atoms with Crippen LogP contribution >= 0.6 is 0 Å². The molecule has 3 N–H and O–H groups in total. The number of rotatable bonds is 6. The van der Waals surface area contributed by atoms with Crippen LogP contribution in [0.2, 0.25) is 0 Å². The number of hydrogen-bond donors (Lipinski definition) is 2. The smallest absolute Gasteiger partial charge is 0.221 e. The molecule has 1 aliphatic heterocycles. The SMILES string of the molecule is CC(CN1CCCCC1)NC(=O)CC(N)C(C)C. The van der Waals surface area contributed by atoms with Crippen molar-refractivity contribution in [3.63, 3.8) is 0 Å². The van der Waals surface area contributed by atoms with Gasteiger partial charge in [0.05, 0.1) is 0 Å². The molecule has 4 nitrogen and oxygen atoms in total. The molecule has 0 spiro atoms. The molecule has 1 amide bonds. The first kappa shape index (κ1) is 15.4. The Morgan fingerprint density at radius 3 is 2.39 bits per heavy atom. The van der Waals surface area contributed by atoms with Gasteiger partial charge in [-0.05, 0) is 38.8 Å². The largest absolute Gasteiger partial charge is 0.352 e. The molecule has 1 fully saturated rings. The topological polar surface area (TPSA) is 58.4 Å². The zero-order valence-electron chi connectivity index (χ0n) is 12.1. The van der Waals surface area contributed by atoms with E-state index in [-0.39, 0.29) is 18.0 Å². The van der Waals surface area contributed by atoms with Crippen molar-refractivity contribution in [2.24, 2.45) is 11.7 Å². The molecule has 0 aromatic rings. The second-order valence-electron chi connectivity index (χ2n) is 5.94. The number of nitrogens with two attached hydrogens (primary N) is 1. The van der Waals surface area contributed by atoms with Crippen molar-refractivity contribution >= 4 is 5.91 Å². The summed E-state index contributed by atoms with van der Waals surface area (Å²) in [6, 6.07) is 0.183.